The molecule has 1 rings (SSSR count). The highest BCUT2D eigenvalue weighted by atomic mass is 32.2. The third kappa shape index (κ3) is 4.91. The van der Waals surface area contributed by atoms with Crippen LogP contribution < -0.4 is 5.32 Å². The first-order valence-electron chi connectivity index (χ1n) is 5.95. The summed E-state index contributed by atoms with van der Waals surface area (Å²) in [5.41, 5.74) is 0. The normalized spacial score (nSPS) is 21.5. The highest BCUT2D eigenvalue weighted by Crippen LogP contribution is 2.06. The molecule has 1 atom stereocenters. The number of ether oxygens (including phenoxy) is 1. The molecule has 0 spiro atoms. The largest absolute Gasteiger partial charge is 0.383 e. The Kier molecular flexibility index (Phi) is 6.49. The summed E-state index contributed by atoms with van der Waals surface area (Å²) in [5, 5.41) is 3.44. The molecule has 0 saturated carbocycles. The van der Waals surface area contributed by atoms with Gasteiger partial charge in [-0.15, -0.1) is 0 Å². The number of nitrogens with one attached hydrogen (secondary N) is 1. The van der Waals surface area contributed by atoms with Crippen molar-refractivity contribution < 1.29 is 8.95 Å². The zero-order valence-electron chi connectivity index (χ0n) is 10.6. The lowest BCUT2D eigenvalue weighted by Gasteiger charge is -2.34. The Morgan fingerprint density at radius 3 is 2.50 bits per heavy atom. The summed E-state index contributed by atoms with van der Waals surface area (Å²) in [6.45, 7) is 7.84. The van der Waals surface area contributed by atoms with Crippen molar-refractivity contribution in [3.63, 3.8) is 0 Å². The molecule has 1 unspecified atom stereocenters. The Balaban J connectivity index is 2.39. The van der Waals surface area contributed by atoms with Gasteiger partial charge >= 0.3 is 0 Å². The second kappa shape index (κ2) is 7.37. The molecule has 1 N–H and O–H groups in total. The molecule has 1 heterocycles. The molecule has 0 aromatic carbocycles. The van der Waals surface area contributed by atoms with E-state index in [1.54, 1.807) is 7.11 Å². The van der Waals surface area contributed by atoms with E-state index in [0.29, 0.717) is 12.1 Å². The number of rotatable bonds is 6. The first-order chi connectivity index (χ1) is 7.63. The fourth-order valence-electron chi connectivity index (χ4n) is 1.87. The van der Waals surface area contributed by atoms with Gasteiger partial charge in [0.05, 0.1) is 6.61 Å². The number of nitrogens with zero attached hydrogens (tertiary/aromatic N) is 1. The maximum Gasteiger partial charge on any atom is 0.0630 e. The molecule has 16 heavy (non-hydrogen) atoms. The van der Waals surface area contributed by atoms with Gasteiger partial charge in [0.15, 0.2) is 0 Å². The molecule has 0 aliphatic carbocycles. The molecule has 0 radical (unpaired) electrons. The Morgan fingerprint density at radius 1 is 1.38 bits per heavy atom. The zero-order valence-corrected chi connectivity index (χ0v) is 11.4. The van der Waals surface area contributed by atoms with Gasteiger partial charge < -0.3 is 10.1 Å². The predicted molar refractivity (Wildman–Crippen MR) is 68.3 cm³/mol. The highest BCUT2D eigenvalue weighted by Gasteiger charge is 2.22. The van der Waals surface area contributed by atoms with Crippen LogP contribution in [0, 0.1) is 0 Å². The van der Waals surface area contributed by atoms with Gasteiger partial charge in [-0.2, -0.15) is 0 Å². The second-order valence-corrected chi connectivity index (χ2v) is 6.25. The topological polar surface area (TPSA) is 41.6 Å². The fourth-order valence-corrected chi connectivity index (χ4v) is 2.96. The maximum atomic E-state index is 11.3. The number of hydrogen-bond acceptors (Lipinski definition) is 4. The molecule has 96 valence electrons. The van der Waals surface area contributed by atoms with Crippen LogP contribution in [0.3, 0.4) is 0 Å². The van der Waals surface area contributed by atoms with Crippen LogP contribution >= 0.6 is 0 Å². The van der Waals surface area contributed by atoms with E-state index < -0.39 is 10.8 Å². The van der Waals surface area contributed by atoms with Crippen LogP contribution in [0.1, 0.15) is 13.8 Å². The Hall–Kier alpha value is 0.0300. The molecule has 1 aliphatic rings. The SMILES string of the molecule is COCC(CNC(C)C)N1CCS(=O)CC1. The van der Waals surface area contributed by atoms with Crippen molar-refractivity contribution in [1.82, 2.24) is 10.2 Å². The van der Waals surface area contributed by atoms with Crippen LogP contribution in [0.2, 0.25) is 0 Å². The van der Waals surface area contributed by atoms with Crippen molar-refractivity contribution in [2.24, 2.45) is 0 Å². The van der Waals surface area contributed by atoms with Crippen LogP contribution in [0.4, 0.5) is 0 Å². The predicted octanol–water partition coefficient (Wildman–Crippen LogP) is 0.0637. The minimum atomic E-state index is -0.597. The average Bonchev–Trinajstić information content (AvgIpc) is 2.25. The molecule has 1 saturated heterocycles. The molecule has 0 amide bonds. The zero-order chi connectivity index (χ0) is 12.0. The van der Waals surface area contributed by atoms with Crippen molar-refractivity contribution in [2.75, 3.05) is 44.9 Å². The van der Waals surface area contributed by atoms with Crippen LogP contribution in [-0.2, 0) is 15.5 Å². The quantitative estimate of drug-likeness (QED) is 0.722. The first-order valence-corrected chi connectivity index (χ1v) is 7.43. The first kappa shape index (κ1) is 14.1. The third-order valence-electron chi connectivity index (χ3n) is 2.85. The molecular weight excluding hydrogens is 224 g/mol. The van der Waals surface area contributed by atoms with Gasteiger partial charge in [0.2, 0.25) is 0 Å². The van der Waals surface area contributed by atoms with E-state index >= 15 is 0 Å². The van der Waals surface area contributed by atoms with Crippen LogP contribution in [0.25, 0.3) is 0 Å². The van der Waals surface area contributed by atoms with Gasteiger partial charge in [-0.3, -0.25) is 9.11 Å². The molecule has 1 aliphatic heterocycles. The summed E-state index contributed by atoms with van der Waals surface area (Å²) in [6.07, 6.45) is 0. The van der Waals surface area contributed by atoms with E-state index in [1.807, 2.05) is 0 Å². The Bertz CT molecular complexity index is 214. The second-order valence-electron chi connectivity index (χ2n) is 4.56. The maximum absolute atomic E-state index is 11.3. The van der Waals surface area contributed by atoms with Crippen molar-refractivity contribution in [3.05, 3.63) is 0 Å². The summed E-state index contributed by atoms with van der Waals surface area (Å²) in [4.78, 5) is 2.39. The fraction of sp³-hybridized carbons (Fsp3) is 1.00. The van der Waals surface area contributed by atoms with Crippen LogP contribution in [-0.4, -0.2) is 66.0 Å². The van der Waals surface area contributed by atoms with E-state index in [2.05, 4.69) is 24.1 Å². The Labute approximate surface area is 101 Å². The minimum Gasteiger partial charge on any atom is -0.383 e. The van der Waals surface area contributed by atoms with Gasteiger partial charge in [-0.1, -0.05) is 13.8 Å². The van der Waals surface area contributed by atoms with E-state index in [0.717, 1.165) is 37.7 Å². The number of methoxy groups -OCH3 is 1. The Morgan fingerprint density at radius 2 is 2.00 bits per heavy atom. The van der Waals surface area contributed by atoms with Crippen LogP contribution in [0.5, 0.6) is 0 Å². The van der Waals surface area contributed by atoms with Gasteiger partial charge in [-0.05, 0) is 0 Å². The van der Waals surface area contributed by atoms with Gasteiger partial charge in [0.25, 0.3) is 0 Å². The van der Waals surface area contributed by atoms with E-state index in [1.165, 1.54) is 0 Å². The minimum absolute atomic E-state index is 0.407. The average molecular weight is 248 g/mol. The smallest absolute Gasteiger partial charge is 0.0630 e. The van der Waals surface area contributed by atoms with E-state index in [9.17, 15) is 4.21 Å². The summed E-state index contributed by atoms with van der Waals surface area (Å²) in [5.74, 6) is 1.61. The summed E-state index contributed by atoms with van der Waals surface area (Å²) in [6, 6.07) is 0.906. The van der Waals surface area contributed by atoms with E-state index in [-0.39, 0.29) is 0 Å². The molecule has 1 fully saturated rings. The lowest BCUT2D eigenvalue weighted by atomic mass is 10.2. The molecule has 0 bridgehead atoms. The van der Waals surface area contributed by atoms with Gasteiger partial charge in [0.1, 0.15) is 0 Å². The summed E-state index contributed by atoms with van der Waals surface area (Å²) in [7, 11) is 1.14. The van der Waals surface area contributed by atoms with Crippen molar-refractivity contribution in [1.29, 1.82) is 0 Å². The van der Waals surface area contributed by atoms with Gasteiger partial charge in [-0.25, -0.2) is 0 Å². The third-order valence-corrected chi connectivity index (χ3v) is 4.13. The molecule has 0 aromatic rings. The lowest BCUT2D eigenvalue weighted by Crippen LogP contribution is -2.51. The van der Waals surface area contributed by atoms with Crippen LogP contribution in [0.15, 0.2) is 0 Å². The lowest BCUT2D eigenvalue weighted by molar-refractivity contribution is 0.0939. The van der Waals surface area contributed by atoms with Crippen molar-refractivity contribution in [2.45, 2.75) is 25.9 Å². The number of hydrogen-bond donors (Lipinski definition) is 1. The van der Waals surface area contributed by atoms with Gasteiger partial charge in [0, 0.05) is 61.1 Å². The standard InChI is InChI=1S/C11H24N2O2S/c1-10(2)12-8-11(9-15-3)13-4-6-16(14)7-5-13/h10-12H,4-9H2,1-3H3. The van der Waals surface area contributed by atoms with E-state index in [4.69, 9.17) is 4.74 Å². The molecule has 0 aromatic heterocycles. The highest BCUT2D eigenvalue weighted by molar-refractivity contribution is 7.85. The monoisotopic (exact) mass is 248 g/mol. The molecule has 5 heteroatoms. The van der Waals surface area contributed by atoms with Crippen molar-refractivity contribution >= 4 is 10.8 Å². The summed E-state index contributed by atoms with van der Waals surface area (Å²) >= 11 is 0. The molecular formula is C11H24N2O2S. The molecule has 4 nitrogen and oxygen atoms in total. The summed E-state index contributed by atoms with van der Waals surface area (Å²) < 4.78 is 16.6. The van der Waals surface area contributed by atoms with Crippen molar-refractivity contribution in [3.8, 4) is 0 Å².